The molecule has 3 N–H and O–H groups in total. The molecule has 138 valence electrons. The second kappa shape index (κ2) is 8.72. The van der Waals surface area contributed by atoms with Gasteiger partial charge in [-0.15, -0.1) is 0 Å². The van der Waals surface area contributed by atoms with E-state index in [4.69, 9.17) is 9.84 Å². The predicted molar refractivity (Wildman–Crippen MR) is 102 cm³/mol. The Balaban J connectivity index is 1.95. The van der Waals surface area contributed by atoms with Crippen molar-refractivity contribution in [1.29, 1.82) is 0 Å². The number of esters is 1. The summed E-state index contributed by atoms with van der Waals surface area (Å²) in [5.74, 6) is 0.974. The fraction of sp³-hybridized carbons (Fsp3) is 0.158. The van der Waals surface area contributed by atoms with E-state index in [9.17, 15) is 4.79 Å². The van der Waals surface area contributed by atoms with Gasteiger partial charge < -0.3 is 20.5 Å². The van der Waals surface area contributed by atoms with Crippen LogP contribution in [0.5, 0.6) is 5.75 Å². The molecule has 0 aliphatic heterocycles. The largest absolute Gasteiger partial charge is 0.427 e. The van der Waals surface area contributed by atoms with Gasteiger partial charge >= 0.3 is 5.97 Å². The molecule has 0 saturated heterocycles. The molecule has 2 heterocycles. The Morgan fingerprint density at radius 2 is 2.07 bits per heavy atom. The lowest BCUT2D eigenvalue weighted by Gasteiger charge is -2.11. The standard InChI is InChI=1S/C19H19N5O3/c1-13(26)27-16-6-2-4-14(10-16)17-11-18(22-15-5-3-7-20-12-15)24-19(23-17)21-8-9-25/h2-7,10-12,25H,8-9H2,1H3,(H2,21,22,23,24). The van der Waals surface area contributed by atoms with E-state index in [0.29, 0.717) is 29.8 Å². The summed E-state index contributed by atoms with van der Waals surface area (Å²) in [4.78, 5) is 24.1. The van der Waals surface area contributed by atoms with Crippen LogP contribution in [0.1, 0.15) is 6.92 Å². The van der Waals surface area contributed by atoms with Gasteiger partial charge in [-0.3, -0.25) is 9.78 Å². The van der Waals surface area contributed by atoms with E-state index < -0.39 is 0 Å². The third-order valence-electron chi connectivity index (χ3n) is 3.45. The number of hydrogen-bond acceptors (Lipinski definition) is 8. The minimum atomic E-state index is -0.390. The van der Waals surface area contributed by atoms with Crippen LogP contribution in [0, 0.1) is 0 Å². The number of anilines is 3. The highest BCUT2D eigenvalue weighted by atomic mass is 16.5. The number of carbonyl (C=O) groups is 1. The molecule has 8 heteroatoms. The predicted octanol–water partition coefficient (Wildman–Crippen LogP) is 2.61. The number of benzene rings is 1. The summed E-state index contributed by atoms with van der Waals surface area (Å²) in [6.45, 7) is 1.63. The monoisotopic (exact) mass is 365 g/mol. The molecule has 0 aliphatic carbocycles. The number of hydrogen-bond donors (Lipinski definition) is 3. The van der Waals surface area contributed by atoms with E-state index in [0.717, 1.165) is 11.3 Å². The van der Waals surface area contributed by atoms with Crippen LogP contribution in [0.4, 0.5) is 17.5 Å². The van der Waals surface area contributed by atoms with Crippen LogP contribution in [0.15, 0.2) is 54.9 Å². The van der Waals surface area contributed by atoms with Gasteiger partial charge in [0.05, 0.1) is 24.2 Å². The molecule has 0 bridgehead atoms. The van der Waals surface area contributed by atoms with Crippen LogP contribution in [0.2, 0.25) is 0 Å². The normalized spacial score (nSPS) is 10.3. The van der Waals surface area contributed by atoms with Gasteiger partial charge in [0.1, 0.15) is 11.6 Å². The number of ether oxygens (including phenoxy) is 1. The van der Waals surface area contributed by atoms with Crippen LogP contribution in [0.25, 0.3) is 11.3 Å². The molecule has 3 rings (SSSR count). The van der Waals surface area contributed by atoms with Crippen molar-refractivity contribution in [3.05, 3.63) is 54.9 Å². The van der Waals surface area contributed by atoms with Crippen molar-refractivity contribution in [2.24, 2.45) is 0 Å². The Hall–Kier alpha value is -3.52. The van der Waals surface area contributed by atoms with Gasteiger partial charge in [-0.05, 0) is 24.3 Å². The summed E-state index contributed by atoms with van der Waals surface area (Å²) >= 11 is 0. The topological polar surface area (TPSA) is 109 Å². The zero-order valence-electron chi connectivity index (χ0n) is 14.7. The maximum atomic E-state index is 11.2. The summed E-state index contributed by atoms with van der Waals surface area (Å²) in [5.41, 5.74) is 2.17. The van der Waals surface area contributed by atoms with Crippen molar-refractivity contribution in [3.8, 4) is 17.0 Å². The Kier molecular flexibility index (Phi) is 5.91. The van der Waals surface area contributed by atoms with Crippen molar-refractivity contribution in [1.82, 2.24) is 15.0 Å². The first-order valence-electron chi connectivity index (χ1n) is 8.34. The first-order chi connectivity index (χ1) is 13.1. The quantitative estimate of drug-likeness (QED) is 0.433. The zero-order valence-corrected chi connectivity index (χ0v) is 14.7. The third-order valence-corrected chi connectivity index (χ3v) is 3.45. The molecule has 3 aromatic rings. The fourth-order valence-corrected chi connectivity index (χ4v) is 2.38. The van der Waals surface area contributed by atoms with Gasteiger partial charge in [0.25, 0.3) is 0 Å². The molecule has 27 heavy (non-hydrogen) atoms. The van der Waals surface area contributed by atoms with E-state index >= 15 is 0 Å². The summed E-state index contributed by atoms with van der Waals surface area (Å²) < 4.78 is 5.14. The van der Waals surface area contributed by atoms with Gasteiger partial charge in [0.2, 0.25) is 5.95 Å². The van der Waals surface area contributed by atoms with Crippen molar-refractivity contribution in [2.45, 2.75) is 6.92 Å². The van der Waals surface area contributed by atoms with Gasteiger partial charge in [-0.1, -0.05) is 12.1 Å². The second-order valence-corrected chi connectivity index (χ2v) is 5.60. The number of aliphatic hydroxyl groups is 1. The van der Waals surface area contributed by atoms with Gasteiger partial charge in [-0.2, -0.15) is 4.98 Å². The van der Waals surface area contributed by atoms with E-state index in [1.807, 2.05) is 18.2 Å². The average Bonchev–Trinajstić information content (AvgIpc) is 2.67. The summed E-state index contributed by atoms with van der Waals surface area (Å²) in [5, 5.41) is 15.2. The SMILES string of the molecule is CC(=O)Oc1cccc(-c2cc(Nc3cccnc3)nc(NCCO)n2)c1. The molecule has 1 aromatic carbocycles. The van der Waals surface area contributed by atoms with E-state index in [-0.39, 0.29) is 12.6 Å². The lowest BCUT2D eigenvalue weighted by atomic mass is 10.1. The molecular weight excluding hydrogens is 346 g/mol. The molecular formula is C19H19N5O3. The van der Waals surface area contributed by atoms with Crippen molar-refractivity contribution < 1.29 is 14.6 Å². The minimum Gasteiger partial charge on any atom is -0.427 e. The smallest absolute Gasteiger partial charge is 0.308 e. The molecule has 0 aliphatic rings. The number of aromatic nitrogens is 3. The summed E-state index contributed by atoms with van der Waals surface area (Å²) in [6, 6.07) is 12.5. The van der Waals surface area contributed by atoms with Gasteiger partial charge in [-0.25, -0.2) is 4.98 Å². The molecule has 8 nitrogen and oxygen atoms in total. The van der Waals surface area contributed by atoms with E-state index in [1.165, 1.54) is 6.92 Å². The molecule has 0 saturated carbocycles. The van der Waals surface area contributed by atoms with Gasteiger partial charge in [0, 0.05) is 31.3 Å². The molecule has 2 aromatic heterocycles. The average molecular weight is 365 g/mol. The van der Waals surface area contributed by atoms with Crippen molar-refractivity contribution in [3.63, 3.8) is 0 Å². The Morgan fingerprint density at radius 1 is 1.19 bits per heavy atom. The highest BCUT2D eigenvalue weighted by Crippen LogP contribution is 2.26. The minimum absolute atomic E-state index is 0.0408. The lowest BCUT2D eigenvalue weighted by molar-refractivity contribution is -0.131. The molecule has 0 amide bonds. The first-order valence-corrected chi connectivity index (χ1v) is 8.34. The van der Waals surface area contributed by atoms with Crippen LogP contribution >= 0.6 is 0 Å². The van der Waals surface area contributed by atoms with E-state index in [1.54, 1.807) is 36.7 Å². The van der Waals surface area contributed by atoms with Crippen LogP contribution < -0.4 is 15.4 Å². The van der Waals surface area contributed by atoms with Crippen LogP contribution in [-0.2, 0) is 4.79 Å². The van der Waals surface area contributed by atoms with Gasteiger partial charge in [0.15, 0.2) is 0 Å². The third kappa shape index (κ3) is 5.23. The summed E-state index contributed by atoms with van der Waals surface area (Å²) in [7, 11) is 0. The number of nitrogens with one attached hydrogen (secondary N) is 2. The maximum absolute atomic E-state index is 11.2. The maximum Gasteiger partial charge on any atom is 0.308 e. The molecule has 0 radical (unpaired) electrons. The zero-order chi connectivity index (χ0) is 19.1. The Morgan fingerprint density at radius 3 is 2.81 bits per heavy atom. The molecule has 0 unspecified atom stereocenters. The number of pyridine rings is 1. The fourth-order valence-electron chi connectivity index (χ4n) is 2.38. The number of nitrogens with zero attached hydrogens (tertiary/aromatic N) is 3. The summed E-state index contributed by atoms with van der Waals surface area (Å²) in [6.07, 6.45) is 3.37. The Labute approximate surface area is 156 Å². The highest BCUT2D eigenvalue weighted by molar-refractivity contribution is 5.72. The molecule has 0 fully saturated rings. The van der Waals surface area contributed by atoms with Crippen LogP contribution in [0.3, 0.4) is 0 Å². The van der Waals surface area contributed by atoms with E-state index in [2.05, 4.69) is 25.6 Å². The molecule has 0 atom stereocenters. The molecule has 0 spiro atoms. The Bertz CT molecular complexity index is 918. The number of carbonyl (C=O) groups excluding carboxylic acids is 1. The highest BCUT2D eigenvalue weighted by Gasteiger charge is 2.09. The lowest BCUT2D eigenvalue weighted by Crippen LogP contribution is -2.10. The van der Waals surface area contributed by atoms with Crippen molar-refractivity contribution in [2.75, 3.05) is 23.8 Å². The first kappa shape index (κ1) is 18.3. The van der Waals surface area contributed by atoms with Crippen molar-refractivity contribution >= 4 is 23.4 Å². The second-order valence-electron chi connectivity index (χ2n) is 5.60. The van der Waals surface area contributed by atoms with Crippen LogP contribution in [-0.4, -0.2) is 39.2 Å². The number of aliphatic hydroxyl groups excluding tert-OH is 1. The number of rotatable bonds is 7.